The number of amides is 1. The number of fused-ring (bicyclic) bond motifs is 1. The van der Waals surface area contributed by atoms with E-state index in [0.29, 0.717) is 39.2 Å². The Morgan fingerprint density at radius 1 is 1.11 bits per heavy atom. The minimum absolute atomic E-state index is 0.00564. The van der Waals surface area contributed by atoms with Gasteiger partial charge in [0.05, 0.1) is 28.4 Å². The summed E-state index contributed by atoms with van der Waals surface area (Å²) in [5, 5.41) is 12.0. The lowest BCUT2D eigenvalue weighted by molar-refractivity contribution is -0.132. The van der Waals surface area contributed by atoms with Crippen molar-refractivity contribution in [2.24, 2.45) is 0 Å². The van der Waals surface area contributed by atoms with E-state index in [0.717, 1.165) is 9.17 Å². The highest BCUT2D eigenvalue weighted by atomic mass is 79.9. The van der Waals surface area contributed by atoms with Crippen LogP contribution in [0.4, 0.5) is 5.13 Å². The predicted octanol–water partition coefficient (Wildman–Crippen LogP) is 6.74. The van der Waals surface area contributed by atoms with Crippen molar-refractivity contribution < 1.29 is 19.4 Å². The number of rotatable bonds is 5. The molecular formula is C26H18BrClN2O4S. The Hall–Kier alpha value is -3.20. The first-order valence-electron chi connectivity index (χ1n) is 10.7. The normalized spacial score (nSPS) is 17.3. The van der Waals surface area contributed by atoms with Crippen LogP contribution in [0, 0.1) is 0 Å². The molecule has 4 aromatic rings. The molecule has 1 aromatic heterocycles. The van der Waals surface area contributed by atoms with Gasteiger partial charge < -0.3 is 9.84 Å². The van der Waals surface area contributed by atoms with E-state index < -0.39 is 17.7 Å². The van der Waals surface area contributed by atoms with Gasteiger partial charge in [-0.15, -0.1) is 0 Å². The van der Waals surface area contributed by atoms with Gasteiger partial charge in [0, 0.05) is 15.1 Å². The number of halogens is 2. The third kappa shape index (κ3) is 4.33. The maximum atomic E-state index is 13.3. The molecule has 2 heterocycles. The van der Waals surface area contributed by atoms with Crippen LogP contribution in [0.25, 0.3) is 16.0 Å². The molecule has 1 saturated heterocycles. The first-order valence-corrected chi connectivity index (χ1v) is 12.7. The fourth-order valence-corrected chi connectivity index (χ4v) is 5.42. The molecule has 9 heteroatoms. The van der Waals surface area contributed by atoms with Crippen LogP contribution in [0.15, 0.2) is 76.8 Å². The Balaban J connectivity index is 1.69. The van der Waals surface area contributed by atoms with Crippen molar-refractivity contribution in [1.29, 1.82) is 0 Å². The Morgan fingerprint density at radius 3 is 2.51 bits per heavy atom. The van der Waals surface area contributed by atoms with E-state index in [1.54, 1.807) is 24.3 Å². The van der Waals surface area contributed by atoms with Crippen LogP contribution >= 0.6 is 38.9 Å². The number of anilines is 1. The Bertz CT molecular complexity index is 1480. The number of carbonyl (C=O) groups is 2. The summed E-state index contributed by atoms with van der Waals surface area (Å²) in [6.07, 6.45) is 0. The molecule has 0 spiro atoms. The van der Waals surface area contributed by atoms with Gasteiger partial charge in [0.15, 0.2) is 5.13 Å². The van der Waals surface area contributed by atoms with Crippen LogP contribution in [0.1, 0.15) is 24.1 Å². The lowest BCUT2D eigenvalue weighted by Crippen LogP contribution is -2.29. The number of thiazole rings is 1. The zero-order valence-corrected chi connectivity index (χ0v) is 21.5. The molecular weight excluding hydrogens is 552 g/mol. The van der Waals surface area contributed by atoms with Crippen molar-refractivity contribution in [3.05, 3.63) is 92.9 Å². The van der Waals surface area contributed by atoms with E-state index in [1.807, 2.05) is 49.4 Å². The molecule has 3 aromatic carbocycles. The summed E-state index contributed by atoms with van der Waals surface area (Å²) in [7, 11) is 0. The van der Waals surface area contributed by atoms with Gasteiger partial charge in [-0.05, 0) is 67.1 Å². The molecule has 1 aliphatic heterocycles. The zero-order chi connectivity index (χ0) is 24.7. The molecule has 5 rings (SSSR count). The van der Waals surface area contributed by atoms with Gasteiger partial charge in [-0.1, -0.05) is 51.0 Å². The monoisotopic (exact) mass is 568 g/mol. The second kappa shape index (κ2) is 9.45. The van der Waals surface area contributed by atoms with Gasteiger partial charge in [-0.3, -0.25) is 14.5 Å². The number of carbonyl (C=O) groups excluding carboxylic acids is 2. The van der Waals surface area contributed by atoms with Crippen LogP contribution in [-0.4, -0.2) is 28.4 Å². The average molecular weight is 570 g/mol. The van der Waals surface area contributed by atoms with Crippen molar-refractivity contribution in [2.75, 3.05) is 11.5 Å². The summed E-state index contributed by atoms with van der Waals surface area (Å²) in [6.45, 7) is 2.43. The molecule has 1 fully saturated rings. The van der Waals surface area contributed by atoms with Gasteiger partial charge in [-0.25, -0.2) is 4.98 Å². The number of Topliss-reactive ketones (excluding diaryl/α,β-unsaturated/α-hetero) is 1. The fourth-order valence-electron chi connectivity index (χ4n) is 4.01. The molecule has 6 nitrogen and oxygen atoms in total. The van der Waals surface area contributed by atoms with E-state index in [9.17, 15) is 14.7 Å². The highest BCUT2D eigenvalue weighted by molar-refractivity contribution is 9.10. The highest BCUT2D eigenvalue weighted by Crippen LogP contribution is 2.44. The van der Waals surface area contributed by atoms with Gasteiger partial charge in [0.2, 0.25) is 0 Å². The van der Waals surface area contributed by atoms with E-state index in [1.165, 1.54) is 16.2 Å². The third-order valence-corrected chi connectivity index (χ3v) is 7.41. The van der Waals surface area contributed by atoms with Crippen molar-refractivity contribution in [3.8, 4) is 5.75 Å². The van der Waals surface area contributed by atoms with Gasteiger partial charge in [0.1, 0.15) is 11.5 Å². The van der Waals surface area contributed by atoms with E-state index in [4.69, 9.17) is 16.3 Å². The number of aliphatic hydroxyl groups is 1. The van der Waals surface area contributed by atoms with Crippen molar-refractivity contribution >= 4 is 71.7 Å². The number of hydrogen-bond donors (Lipinski definition) is 1. The fraction of sp³-hybridized carbons (Fsp3) is 0.115. The maximum absolute atomic E-state index is 13.3. The number of aromatic nitrogens is 1. The van der Waals surface area contributed by atoms with Crippen molar-refractivity contribution in [2.45, 2.75) is 13.0 Å². The summed E-state index contributed by atoms with van der Waals surface area (Å²) in [5.41, 5.74) is 1.73. The first-order chi connectivity index (χ1) is 16.9. The highest BCUT2D eigenvalue weighted by Gasteiger charge is 2.48. The van der Waals surface area contributed by atoms with Crippen LogP contribution in [0.5, 0.6) is 5.75 Å². The minimum atomic E-state index is -0.856. The third-order valence-electron chi connectivity index (χ3n) is 5.61. The number of aliphatic hydroxyl groups excluding tert-OH is 1. The van der Waals surface area contributed by atoms with Gasteiger partial charge >= 0.3 is 5.91 Å². The topological polar surface area (TPSA) is 79.7 Å². The molecule has 0 saturated carbocycles. The second-order valence-electron chi connectivity index (χ2n) is 7.79. The van der Waals surface area contributed by atoms with Crippen molar-refractivity contribution in [3.63, 3.8) is 0 Å². The quantitative estimate of drug-likeness (QED) is 0.164. The summed E-state index contributed by atoms with van der Waals surface area (Å²) in [4.78, 5) is 32.6. The molecule has 1 amide bonds. The smallest absolute Gasteiger partial charge is 0.301 e. The summed E-state index contributed by atoms with van der Waals surface area (Å²) in [5.74, 6) is -1.10. The standard InChI is InChI=1S/C26H18BrClN2O4S/c1-2-34-18-11-12-19-20(13-18)35-26(29-19)30-22(14-3-7-16(27)8-4-14)21(24(32)25(30)33)23(31)15-5-9-17(28)10-6-15/h3-13,22,31H,2H2,1H3/t22-/m0/s1. The van der Waals surface area contributed by atoms with Gasteiger partial charge in [-0.2, -0.15) is 0 Å². The van der Waals surface area contributed by atoms with E-state index in [-0.39, 0.29) is 11.3 Å². The summed E-state index contributed by atoms with van der Waals surface area (Å²) in [6, 6.07) is 18.4. The summed E-state index contributed by atoms with van der Waals surface area (Å²) < 4.78 is 7.25. The molecule has 35 heavy (non-hydrogen) atoms. The Morgan fingerprint density at radius 2 is 1.83 bits per heavy atom. The SMILES string of the molecule is CCOc1ccc2nc(N3C(=O)C(=O)C(=C(O)c4ccc(Cl)cc4)[C@@H]3c3ccc(Br)cc3)sc2c1. The largest absolute Gasteiger partial charge is 0.507 e. The Labute approximate surface area is 218 Å². The van der Waals surface area contributed by atoms with Gasteiger partial charge in [0.25, 0.3) is 5.78 Å². The summed E-state index contributed by atoms with van der Waals surface area (Å²) >= 11 is 10.7. The molecule has 0 radical (unpaired) electrons. The molecule has 176 valence electrons. The molecule has 1 aliphatic rings. The zero-order valence-electron chi connectivity index (χ0n) is 18.4. The molecule has 0 unspecified atom stereocenters. The van der Waals surface area contributed by atoms with Crippen LogP contribution in [0.2, 0.25) is 5.02 Å². The molecule has 1 atom stereocenters. The maximum Gasteiger partial charge on any atom is 0.301 e. The number of hydrogen-bond acceptors (Lipinski definition) is 6. The van der Waals surface area contributed by atoms with Crippen molar-refractivity contribution in [1.82, 2.24) is 4.98 Å². The minimum Gasteiger partial charge on any atom is -0.507 e. The first kappa shape index (κ1) is 23.5. The molecule has 1 N–H and O–H groups in total. The number of ether oxygens (including phenoxy) is 1. The van der Waals surface area contributed by atoms with Crippen LogP contribution < -0.4 is 9.64 Å². The molecule has 0 bridgehead atoms. The second-order valence-corrected chi connectivity index (χ2v) is 10.1. The molecule has 0 aliphatic carbocycles. The van der Waals surface area contributed by atoms with Crippen LogP contribution in [-0.2, 0) is 9.59 Å². The average Bonchev–Trinajstić information content (AvgIpc) is 3.38. The number of benzene rings is 3. The van der Waals surface area contributed by atoms with Crippen LogP contribution in [0.3, 0.4) is 0 Å². The lowest BCUT2D eigenvalue weighted by atomic mass is 9.95. The van der Waals surface area contributed by atoms with E-state index >= 15 is 0 Å². The van der Waals surface area contributed by atoms with E-state index in [2.05, 4.69) is 20.9 Å². The predicted molar refractivity (Wildman–Crippen MR) is 141 cm³/mol. The number of nitrogens with zero attached hydrogens (tertiary/aromatic N) is 2. The number of ketones is 1. The lowest BCUT2D eigenvalue weighted by Gasteiger charge is -2.23. The Kier molecular flexibility index (Phi) is 6.35.